The van der Waals surface area contributed by atoms with Gasteiger partial charge in [-0.3, -0.25) is 4.31 Å². The van der Waals surface area contributed by atoms with Crippen LogP contribution < -0.4 is 4.31 Å². The van der Waals surface area contributed by atoms with Gasteiger partial charge in [0.1, 0.15) is 0 Å². The SMILES string of the molecule is Cc1cc(N2CCCCS2(=O)=O)cc(C(=O)O)c1C. The molecular weight excluding hydrogens is 266 g/mol. The zero-order valence-corrected chi connectivity index (χ0v) is 11.8. The van der Waals surface area contributed by atoms with Gasteiger partial charge in [-0.2, -0.15) is 0 Å². The van der Waals surface area contributed by atoms with Gasteiger partial charge < -0.3 is 5.11 Å². The minimum absolute atomic E-state index is 0.127. The normalized spacial score (nSPS) is 18.3. The molecule has 2 rings (SSSR count). The maximum Gasteiger partial charge on any atom is 0.336 e. The van der Waals surface area contributed by atoms with Crippen molar-refractivity contribution in [3.05, 3.63) is 28.8 Å². The average molecular weight is 283 g/mol. The third kappa shape index (κ3) is 2.58. The second-order valence-electron chi connectivity index (χ2n) is 4.84. The fourth-order valence-corrected chi connectivity index (χ4v) is 3.91. The second-order valence-corrected chi connectivity index (χ2v) is 6.85. The van der Waals surface area contributed by atoms with Crippen molar-refractivity contribution in [2.75, 3.05) is 16.6 Å². The summed E-state index contributed by atoms with van der Waals surface area (Å²) in [5.41, 5.74) is 2.08. The molecule has 0 unspecified atom stereocenters. The Morgan fingerprint density at radius 1 is 1.26 bits per heavy atom. The summed E-state index contributed by atoms with van der Waals surface area (Å²) >= 11 is 0. The lowest BCUT2D eigenvalue weighted by molar-refractivity contribution is 0.0696. The second kappa shape index (κ2) is 4.85. The van der Waals surface area contributed by atoms with E-state index in [2.05, 4.69) is 0 Å². The first-order valence-electron chi connectivity index (χ1n) is 6.18. The Morgan fingerprint density at radius 2 is 1.95 bits per heavy atom. The van der Waals surface area contributed by atoms with Gasteiger partial charge >= 0.3 is 5.97 Å². The van der Waals surface area contributed by atoms with Crippen LogP contribution in [0.5, 0.6) is 0 Å². The molecule has 0 spiro atoms. The Morgan fingerprint density at radius 3 is 2.53 bits per heavy atom. The summed E-state index contributed by atoms with van der Waals surface area (Å²) in [5.74, 6) is -0.903. The monoisotopic (exact) mass is 283 g/mol. The first kappa shape index (κ1) is 13.9. The van der Waals surface area contributed by atoms with Crippen LogP contribution in [0.15, 0.2) is 12.1 Å². The van der Waals surface area contributed by atoms with Gasteiger partial charge in [0.25, 0.3) is 0 Å². The topological polar surface area (TPSA) is 74.7 Å². The maximum atomic E-state index is 12.0. The van der Waals surface area contributed by atoms with E-state index in [0.717, 1.165) is 12.0 Å². The van der Waals surface area contributed by atoms with E-state index in [1.807, 2.05) is 0 Å². The molecule has 0 aromatic heterocycles. The van der Waals surface area contributed by atoms with Gasteiger partial charge in [0, 0.05) is 6.54 Å². The number of carboxylic acids is 1. The van der Waals surface area contributed by atoms with E-state index in [4.69, 9.17) is 0 Å². The molecule has 1 aromatic carbocycles. The predicted molar refractivity (Wildman–Crippen MR) is 73.2 cm³/mol. The molecule has 0 saturated carbocycles. The van der Waals surface area contributed by atoms with E-state index in [9.17, 15) is 18.3 Å². The van der Waals surface area contributed by atoms with Crippen LogP contribution in [0.3, 0.4) is 0 Å². The van der Waals surface area contributed by atoms with E-state index in [-0.39, 0.29) is 11.3 Å². The lowest BCUT2D eigenvalue weighted by atomic mass is 10.0. The zero-order chi connectivity index (χ0) is 14.2. The number of nitrogens with zero attached hydrogens (tertiary/aromatic N) is 1. The Kier molecular flexibility index (Phi) is 3.54. The number of benzene rings is 1. The minimum Gasteiger partial charge on any atom is -0.478 e. The van der Waals surface area contributed by atoms with Crippen LogP contribution in [0.4, 0.5) is 5.69 Å². The van der Waals surface area contributed by atoms with E-state index in [1.165, 1.54) is 10.4 Å². The van der Waals surface area contributed by atoms with Gasteiger partial charge in [-0.15, -0.1) is 0 Å². The van der Waals surface area contributed by atoms with Crippen LogP contribution in [0.1, 0.15) is 34.3 Å². The number of anilines is 1. The maximum absolute atomic E-state index is 12.0. The molecule has 1 heterocycles. The zero-order valence-electron chi connectivity index (χ0n) is 11.0. The van der Waals surface area contributed by atoms with Crippen molar-refractivity contribution in [2.45, 2.75) is 26.7 Å². The smallest absolute Gasteiger partial charge is 0.336 e. The Hall–Kier alpha value is -1.56. The van der Waals surface area contributed by atoms with Crippen LogP contribution in [0.2, 0.25) is 0 Å². The Bertz CT molecular complexity index is 622. The number of sulfonamides is 1. The number of hydrogen-bond donors (Lipinski definition) is 1. The number of aromatic carboxylic acids is 1. The average Bonchev–Trinajstić information content (AvgIpc) is 2.31. The van der Waals surface area contributed by atoms with Crippen LogP contribution in [0, 0.1) is 13.8 Å². The van der Waals surface area contributed by atoms with Gasteiger partial charge in [-0.1, -0.05) is 0 Å². The lowest BCUT2D eigenvalue weighted by Crippen LogP contribution is -2.38. The summed E-state index contributed by atoms with van der Waals surface area (Å²) < 4.78 is 25.4. The Balaban J connectivity index is 2.54. The van der Waals surface area contributed by atoms with Crippen molar-refractivity contribution in [3.8, 4) is 0 Å². The van der Waals surface area contributed by atoms with Gasteiger partial charge in [0.05, 0.1) is 17.0 Å². The fourth-order valence-electron chi connectivity index (χ4n) is 2.29. The van der Waals surface area contributed by atoms with Crippen LogP contribution in [-0.4, -0.2) is 31.8 Å². The molecule has 19 heavy (non-hydrogen) atoms. The number of rotatable bonds is 2. The quantitative estimate of drug-likeness (QED) is 0.900. The van der Waals surface area contributed by atoms with Gasteiger partial charge in [0.2, 0.25) is 10.0 Å². The van der Waals surface area contributed by atoms with E-state index < -0.39 is 16.0 Å². The third-order valence-electron chi connectivity index (χ3n) is 3.52. The van der Waals surface area contributed by atoms with Gasteiger partial charge in [-0.05, 0) is 49.9 Å². The highest BCUT2D eigenvalue weighted by molar-refractivity contribution is 7.92. The van der Waals surface area contributed by atoms with E-state index in [0.29, 0.717) is 24.2 Å². The standard InChI is InChI=1S/C13H17NO4S/c1-9-7-11(8-12(10(9)2)13(15)16)14-5-3-4-6-19(14,17)18/h7-8H,3-6H2,1-2H3,(H,15,16). The summed E-state index contributed by atoms with van der Waals surface area (Å²) in [6.07, 6.45) is 1.46. The molecule has 6 heteroatoms. The molecule has 0 amide bonds. The first-order valence-corrected chi connectivity index (χ1v) is 7.79. The highest BCUT2D eigenvalue weighted by Gasteiger charge is 2.27. The van der Waals surface area contributed by atoms with Crippen LogP contribution in [-0.2, 0) is 10.0 Å². The van der Waals surface area contributed by atoms with Crippen molar-refractivity contribution in [2.24, 2.45) is 0 Å². The van der Waals surface area contributed by atoms with Gasteiger partial charge in [-0.25, -0.2) is 13.2 Å². The largest absolute Gasteiger partial charge is 0.478 e. The predicted octanol–water partition coefficient (Wildman–Crippen LogP) is 1.93. The van der Waals surface area contributed by atoms with Crippen LogP contribution >= 0.6 is 0 Å². The molecule has 1 aliphatic rings. The first-order chi connectivity index (χ1) is 8.83. The van der Waals surface area contributed by atoms with Crippen molar-refractivity contribution in [1.82, 2.24) is 0 Å². The molecule has 1 N–H and O–H groups in total. The molecule has 1 saturated heterocycles. The number of aryl methyl sites for hydroxylation is 1. The molecule has 1 fully saturated rings. The van der Waals surface area contributed by atoms with E-state index >= 15 is 0 Å². The molecule has 104 valence electrons. The fraction of sp³-hybridized carbons (Fsp3) is 0.462. The summed E-state index contributed by atoms with van der Waals surface area (Å²) in [6, 6.07) is 3.19. The highest BCUT2D eigenvalue weighted by Crippen LogP contribution is 2.28. The molecule has 0 aliphatic carbocycles. The van der Waals surface area contributed by atoms with Crippen molar-refractivity contribution >= 4 is 21.7 Å². The summed E-state index contributed by atoms with van der Waals surface area (Å²) in [6.45, 7) is 3.94. The molecule has 0 radical (unpaired) electrons. The lowest BCUT2D eigenvalue weighted by Gasteiger charge is -2.29. The van der Waals surface area contributed by atoms with Gasteiger partial charge in [0.15, 0.2) is 0 Å². The van der Waals surface area contributed by atoms with Crippen LogP contribution in [0.25, 0.3) is 0 Å². The van der Waals surface area contributed by atoms with Crippen molar-refractivity contribution < 1.29 is 18.3 Å². The molecule has 1 aliphatic heterocycles. The van der Waals surface area contributed by atoms with Crippen molar-refractivity contribution in [3.63, 3.8) is 0 Å². The highest BCUT2D eigenvalue weighted by atomic mass is 32.2. The minimum atomic E-state index is -3.31. The summed E-state index contributed by atoms with van der Waals surface area (Å²) in [4.78, 5) is 11.2. The molecular formula is C13H17NO4S. The van der Waals surface area contributed by atoms with Crippen molar-refractivity contribution in [1.29, 1.82) is 0 Å². The molecule has 0 bridgehead atoms. The molecule has 1 aromatic rings. The molecule has 0 atom stereocenters. The number of carboxylic acid groups (broad SMARTS) is 1. The Labute approximate surface area is 112 Å². The summed E-state index contributed by atoms with van der Waals surface area (Å²) in [7, 11) is -3.31. The number of carbonyl (C=O) groups is 1. The van der Waals surface area contributed by atoms with E-state index in [1.54, 1.807) is 19.9 Å². The third-order valence-corrected chi connectivity index (χ3v) is 5.39. The summed E-state index contributed by atoms with van der Waals surface area (Å²) in [5, 5.41) is 9.18. The molecule has 5 nitrogen and oxygen atoms in total. The number of hydrogen-bond acceptors (Lipinski definition) is 3.